The third-order valence-electron chi connectivity index (χ3n) is 5.47. The summed E-state index contributed by atoms with van der Waals surface area (Å²) in [6.07, 6.45) is 2.33. The maximum atomic E-state index is 12.8. The number of aromatic nitrogens is 3. The highest BCUT2D eigenvalue weighted by molar-refractivity contribution is 7.71. The van der Waals surface area contributed by atoms with E-state index in [2.05, 4.69) is 26.5 Å². The Kier molecular flexibility index (Phi) is 7.07. The van der Waals surface area contributed by atoms with Crippen LogP contribution >= 0.6 is 35.4 Å². The van der Waals surface area contributed by atoms with Crippen molar-refractivity contribution in [3.63, 3.8) is 0 Å². The average molecular weight is 476 g/mol. The molecule has 0 saturated carbocycles. The fraction of sp³-hybridized carbons (Fsp3) is 0.318. The van der Waals surface area contributed by atoms with Gasteiger partial charge in [-0.3, -0.25) is 19.4 Å². The zero-order valence-electron chi connectivity index (χ0n) is 16.9. The summed E-state index contributed by atoms with van der Waals surface area (Å²) in [6.45, 7) is 2.61. The SMILES string of the molecule is O=C(Cn1c(-c2ccc(Cl)cc2)n[nH]c1=S)NCC(c1cccc(Cl)c1)N1CCCC1. The van der Waals surface area contributed by atoms with E-state index in [1.54, 1.807) is 16.7 Å². The highest BCUT2D eigenvalue weighted by Gasteiger charge is 2.24. The van der Waals surface area contributed by atoms with Crippen molar-refractivity contribution in [1.82, 2.24) is 25.0 Å². The number of nitrogens with zero attached hydrogens (tertiary/aromatic N) is 3. The van der Waals surface area contributed by atoms with Crippen LogP contribution in [0.15, 0.2) is 48.5 Å². The quantitative estimate of drug-likeness (QED) is 0.478. The Balaban J connectivity index is 1.47. The lowest BCUT2D eigenvalue weighted by Gasteiger charge is -2.28. The normalized spacial score (nSPS) is 15.2. The van der Waals surface area contributed by atoms with Crippen molar-refractivity contribution >= 4 is 41.3 Å². The van der Waals surface area contributed by atoms with Crippen LogP contribution in [0.4, 0.5) is 0 Å². The van der Waals surface area contributed by atoms with Gasteiger partial charge in [0.05, 0.1) is 6.04 Å². The van der Waals surface area contributed by atoms with Gasteiger partial charge in [-0.2, -0.15) is 5.10 Å². The van der Waals surface area contributed by atoms with E-state index >= 15 is 0 Å². The van der Waals surface area contributed by atoms with Crippen LogP contribution < -0.4 is 5.32 Å². The van der Waals surface area contributed by atoms with Crippen LogP contribution in [0.3, 0.4) is 0 Å². The maximum Gasteiger partial charge on any atom is 0.240 e. The van der Waals surface area contributed by atoms with Gasteiger partial charge in [0.25, 0.3) is 0 Å². The Morgan fingerprint density at radius 3 is 2.58 bits per heavy atom. The van der Waals surface area contributed by atoms with Crippen LogP contribution in [0.5, 0.6) is 0 Å². The van der Waals surface area contributed by atoms with Crippen LogP contribution in [0, 0.1) is 4.77 Å². The van der Waals surface area contributed by atoms with Crippen molar-refractivity contribution in [3.8, 4) is 11.4 Å². The first-order valence-corrected chi connectivity index (χ1v) is 11.3. The number of benzene rings is 2. The summed E-state index contributed by atoms with van der Waals surface area (Å²) in [5.41, 5.74) is 1.94. The molecule has 2 N–H and O–H groups in total. The summed E-state index contributed by atoms with van der Waals surface area (Å²) in [5.74, 6) is 0.474. The topological polar surface area (TPSA) is 66.0 Å². The molecule has 1 aliphatic heterocycles. The monoisotopic (exact) mass is 475 g/mol. The number of H-pyrrole nitrogens is 1. The van der Waals surface area contributed by atoms with Crippen LogP contribution in [-0.4, -0.2) is 45.2 Å². The van der Waals surface area contributed by atoms with E-state index in [-0.39, 0.29) is 18.5 Å². The second kappa shape index (κ2) is 9.96. The van der Waals surface area contributed by atoms with Crippen LogP contribution in [0.1, 0.15) is 24.4 Å². The molecule has 1 fully saturated rings. The van der Waals surface area contributed by atoms with Gasteiger partial charge in [0.1, 0.15) is 6.54 Å². The Labute approximate surface area is 196 Å². The van der Waals surface area contributed by atoms with Crippen molar-refractivity contribution in [3.05, 3.63) is 68.9 Å². The Bertz CT molecular complexity index is 1110. The third kappa shape index (κ3) is 5.36. The number of aromatic amines is 1. The maximum absolute atomic E-state index is 12.8. The van der Waals surface area contributed by atoms with Gasteiger partial charge in [0, 0.05) is 22.2 Å². The van der Waals surface area contributed by atoms with E-state index in [4.69, 9.17) is 35.4 Å². The zero-order chi connectivity index (χ0) is 21.8. The standard InChI is InChI=1S/C22H23Cl2N5OS/c23-17-8-6-15(7-9-17)21-26-27-22(31)29(21)14-20(30)25-13-19(28-10-1-2-11-28)16-4-3-5-18(24)12-16/h3-9,12,19H,1-2,10-11,13-14H2,(H,25,30)(H,27,31). The molecule has 0 aliphatic carbocycles. The van der Waals surface area contributed by atoms with E-state index < -0.39 is 0 Å². The molecule has 9 heteroatoms. The molecule has 2 aromatic carbocycles. The zero-order valence-corrected chi connectivity index (χ0v) is 19.2. The molecular formula is C22H23Cl2N5OS. The first kappa shape index (κ1) is 22.0. The molecule has 0 bridgehead atoms. The smallest absolute Gasteiger partial charge is 0.240 e. The molecule has 1 aliphatic rings. The van der Waals surface area contributed by atoms with Crippen molar-refractivity contribution in [1.29, 1.82) is 0 Å². The molecule has 0 radical (unpaired) electrons. The molecule has 4 rings (SSSR count). The van der Waals surface area contributed by atoms with E-state index in [0.29, 0.717) is 27.2 Å². The van der Waals surface area contributed by atoms with Crippen molar-refractivity contribution in [2.75, 3.05) is 19.6 Å². The molecule has 1 amide bonds. The molecule has 1 aromatic heterocycles. The number of carbonyl (C=O) groups excluding carboxylic acids is 1. The van der Waals surface area contributed by atoms with Gasteiger partial charge in [0.15, 0.2) is 10.6 Å². The summed E-state index contributed by atoms with van der Waals surface area (Å²) >= 11 is 17.5. The summed E-state index contributed by atoms with van der Waals surface area (Å²) < 4.78 is 2.09. The highest BCUT2D eigenvalue weighted by Crippen LogP contribution is 2.26. The van der Waals surface area contributed by atoms with Gasteiger partial charge in [-0.25, -0.2) is 0 Å². The second-order valence-electron chi connectivity index (χ2n) is 7.56. The number of halogens is 2. The van der Waals surface area contributed by atoms with Crippen LogP contribution in [0.25, 0.3) is 11.4 Å². The molecule has 162 valence electrons. The fourth-order valence-corrected chi connectivity index (χ4v) is 4.44. The van der Waals surface area contributed by atoms with Gasteiger partial charge in [-0.15, -0.1) is 0 Å². The first-order chi connectivity index (χ1) is 15.0. The number of hydrogen-bond acceptors (Lipinski definition) is 4. The minimum absolute atomic E-state index is 0.0789. The molecule has 1 atom stereocenters. The molecule has 2 heterocycles. The van der Waals surface area contributed by atoms with Gasteiger partial charge >= 0.3 is 0 Å². The van der Waals surface area contributed by atoms with Gasteiger partial charge in [-0.05, 0) is 80.1 Å². The minimum Gasteiger partial charge on any atom is -0.353 e. The lowest BCUT2D eigenvalue weighted by molar-refractivity contribution is -0.121. The summed E-state index contributed by atoms with van der Waals surface area (Å²) in [4.78, 5) is 15.2. The van der Waals surface area contributed by atoms with Crippen molar-refractivity contribution in [2.45, 2.75) is 25.4 Å². The Morgan fingerprint density at radius 2 is 1.87 bits per heavy atom. The van der Waals surface area contributed by atoms with Crippen molar-refractivity contribution < 1.29 is 4.79 Å². The summed E-state index contributed by atoms with van der Waals surface area (Å²) in [7, 11) is 0. The van der Waals surface area contributed by atoms with E-state index in [0.717, 1.165) is 24.2 Å². The van der Waals surface area contributed by atoms with Gasteiger partial charge < -0.3 is 5.32 Å². The average Bonchev–Trinajstić information content (AvgIpc) is 3.40. The Morgan fingerprint density at radius 1 is 1.13 bits per heavy atom. The largest absolute Gasteiger partial charge is 0.353 e. The minimum atomic E-state index is -0.126. The van der Waals surface area contributed by atoms with E-state index in [1.165, 1.54) is 12.8 Å². The molecular weight excluding hydrogens is 453 g/mol. The second-order valence-corrected chi connectivity index (χ2v) is 8.82. The molecule has 1 saturated heterocycles. The Hall–Kier alpha value is -2.19. The summed E-state index contributed by atoms with van der Waals surface area (Å²) in [5, 5.41) is 11.5. The lowest BCUT2D eigenvalue weighted by Crippen LogP contribution is -2.38. The molecule has 31 heavy (non-hydrogen) atoms. The van der Waals surface area contributed by atoms with E-state index in [9.17, 15) is 4.79 Å². The molecule has 0 spiro atoms. The fourth-order valence-electron chi connectivity index (χ4n) is 3.92. The van der Waals surface area contributed by atoms with E-state index in [1.807, 2.05) is 30.3 Å². The van der Waals surface area contributed by atoms with Crippen molar-refractivity contribution in [2.24, 2.45) is 0 Å². The predicted octanol–water partition coefficient (Wildman–Crippen LogP) is 4.87. The first-order valence-electron chi connectivity index (χ1n) is 10.2. The molecule has 3 aromatic rings. The third-order valence-corrected chi connectivity index (χ3v) is 6.27. The van der Waals surface area contributed by atoms with Gasteiger partial charge in [0.2, 0.25) is 5.91 Å². The summed E-state index contributed by atoms with van der Waals surface area (Å²) in [6, 6.07) is 15.2. The number of nitrogens with one attached hydrogen (secondary N) is 2. The van der Waals surface area contributed by atoms with Crippen LogP contribution in [0.2, 0.25) is 10.0 Å². The number of amides is 1. The number of rotatable bonds is 7. The number of carbonyl (C=O) groups is 1. The predicted molar refractivity (Wildman–Crippen MR) is 126 cm³/mol. The number of hydrogen-bond donors (Lipinski definition) is 2. The lowest BCUT2D eigenvalue weighted by atomic mass is 10.1. The molecule has 6 nitrogen and oxygen atoms in total. The highest BCUT2D eigenvalue weighted by atomic mass is 35.5. The number of likely N-dealkylation sites (tertiary alicyclic amines) is 1. The van der Waals surface area contributed by atoms with Crippen LogP contribution in [-0.2, 0) is 11.3 Å². The molecule has 1 unspecified atom stereocenters. The van der Waals surface area contributed by atoms with Gasteiger partial charge in [-0.1, -0.05) is 35.3 Å².